The van der Waals surface area contributed by atoms with Gasteiger partial charge in [0.25, 0.3) is 5.69 Å². The van der Waals surface area contributed by atoms with Crippen LogP contribution in [-0.4, -0.2) is 24.6 Å². The summed E-state index contributed by atoms with van der Waals surface area (Å²) in [7, 11) is 1.94. The van der Waals surface area contributed by atoms with E-state index in [1.54, 1.807) is 12.1 Å². The lowest BCUT2D eigenvalue weighted by Crippen LogP contribution is -2.31. The molecule has 0 heterocycles. The first-order valence-electron chi connectivity index (χ1n) is 6.54. The number of hydrogen-bond donors (Lipinski definition) is 1. The van der Waals surface area contributed by atoms with Gasteiger partial charge in [-0.3, -0.25) is 10.1 Å². The molecule has 0 bridgehead atoms. The Morgan fingerprint density at radius 2 is 2.00 bits per heavy atom. The van der Waals surface area contributed by atoms with Crippen molar-refractivity contribution in [3.8, 4) is 0 Å². The molecule has 106 valence electrons. The smallest absolute Gasteiger partial charge is 0.271 e. The van der Waals surface area contributed by atoms with Gasteiger partial charge in [0.05, 0.1) is 4.92 Å². The van der Waals surface area contributed by atoms with Gasteiger partial charge >= 0.3 is 0 Å². The molecule has 0 aliphatic carbocycles. The molecule has 1 atom stereocenters. The van der Waals surface area contributed by atoms with E-state index in [1.807, 2.05) is 24.9 Å². The maximum atomic E-state index is 10.9. The van der Waals surface area contributed by atoms with E-state index >= 15 is 0 Å². The van der Waals surface area contributed by atoms with E-state index in [-0.39, 0.29) is 16.7 Å². The van der Waals surface area contributed by atoms with Crippen LogP contribution in [0.2, 0.25) is 0 Å². The highest BCUT2D eigenvalue weighted by molar-refractivity contribution is 5.55. The summed E-state index contributed by atoms with van der Waals surface area (Å²) in [5.41, 5.74) is 7.91. The normalized spacial score (nSPS) is 12.5. The minimum absolute atomic E-state index is 0.134. The average molecular weight is 265 g/mol. The molecule has 1 aromatic carbocycles. The van der Waals surface area contributed by atoms with Crippen molar-refractivity contribution in [3.63, 3.8) is 0 Å². The summed E-state index contributed by atoms with van der Waals surface area (Å²) in [5.74, 6) is 0.445. The number of rotatable bonds is 6. The Morgan fingerprint density at radius 3 is 2.53 bits per heavy atom. The molecule has 1 rings (SSSR count). The van der Waals surface area contributed by atoms with E-state index in [0.717, 1.165) is 24.2 Å². The largest absolute Gasteiger partial charge is 0.374 e. The average Bonchev–Trinajstić information content (AvgIpc) is 2.34. The van der Waals surface area contributed by atoms with Crippen LogP contribution in [0.3, 0.4) is 0 Å². The summed E-state index contributed by atoms with van der Waals surface area (Å²) < 4.78 is 0. The molecule has 0 radical (unpaired) electrons. The summed E-state index contributed by atoms with van der Waals surface area (Å²) >= 11 is 0. The fourth-order valence-corrected chi connectivity index (χ4v) is 1.87. The number of nitro groups is 1. The molecule has 0 saturated heterocycles. The summed E-state index contributed by atoms with van der Waals surface area (Å²) in [6, 6.07) is 5.29. The monoisotopic (exact) mass is 265 g/mol. The molecular weight excluding hydrogens is 242 g/mol. The molecule has 0 aliphatic heterocycles. The maximum Gasteiger partial charge on any atom is 0.271 e. The number of hydrogen-bond acceptors (Lipinski definition) is 4. The van der Waals surface area contributed by atoms with Crippen molar-refractivity contribution < 1.29 is 4.92 Å². The second-order valence-corrected chi connectivity index (χ2v) is 5.40. The van der Waals surface area contributed by atoms with Crippen LogP contribution in [0.1, 0.15) is 25.8 Å². The Morgan fingerprint density at radius 1 is 1.37 bits per heavy atom. The third kappa shape index (κ3) is 4.52. The van der Waals surface area contributed by atoms with Crippen LogP contribution in [0.25, 0.3) is 0 Å². The molecule has 19 heavy (non-hydrogen) atoms. The van der Waals surface area contributed by atoms with Gasteiger partial charge in [-0.1, -0.05) is 13.8 Å². The van der Waals surface area contributed by atoms with Crippen molar-refractivity contribution >= 4 is 11.4 Å². The number of anilines is 1. The minimum atomic E-state index is -0.357. The van der Waals surface area contributed by atoms with Gasteiger partial charge in [0, 0.05) is 37.5 Å². The Balaban J connectivity index is 2.76. The van der Waals surface area contributed by atoms with Crippen molar-refractivity contribution in [3.05, 3.63) is 33.9 Å². The van der Waals surface area contributed by atoms with Crippen molar-refractivity contribution in [2.45, 2.75) is 33.2 Å². The summed E-state index contributed by atoms with van der Waals surface area (Å²) in [6.45, 7) is 6.86. The van der Waals surface area contributed by atoms with Gasteiger partial charge in [-0.15, -0.1) is 0 Å². The standard InChI is InChI=1S/C14H23N3O2/c1-10(2)14(15)5-6-16(4)12-7-11(3)8-13(9-12)17(18)19/h7-10,14H,5-6,15H2,1-4H3. The van der Waals surface area contributed by atoms with Gasteiger partial charge in [-0.25, -0.2) is 0 Å². The quantitative estimate of drug-likeness (QED) is 0.634. The zero-order valence-electron chi connectivity index (χ0n) is 12.1. The lowest BCUT2D eigenvalue weighted by molar-refractivity contribution is -0.384. The number of nitrogens with zero attached hydrogens (tertiary/aromatic N) is 2. The van der Waals surface area contributed by atoms with Crippen molar-refractivity contribution in [2.24, 2.45) is 11.7 Å². The minimum Gasteiger partial charge on any atom is -0.374 e. The van der Waals surface area contributed by atoms with Crippen LogP contribution in [-0.2, 0) is 0 Å². The Kier molecular flexibility index (Phi) is 5.30. The predicted molar refractivity (Wildman–Crippen MR) is 78.5 cm³/mol. The predicted octanol–water partition coefficient (Wildman–Crippen LogP) is 2.71. The molecule has 5 heteroatoms. The fourth-order valence-electron chi connectivity index (χ4n) is 1.87. The molecule has 0 fully saturated rings. The van der Waals surface area contributed by atoms with Gasteiger partial charge in [-0.2, -0.15) is 0 Å². The molecule has 5 nitrogen and oxygen atoms in total. The first-order chi connectivity index (χ1) is 8.81. The highest BCUT2D eigenvalue weighted by atomic mass is 16.6. The van der Waals surface area contributed by atoms with E-state index in [4.69, 9.17) is 5.73 Å². The number of nitrogens with two attached hydrogens (primary N) is 1. The van der Waals surface area contributed by atoms with Crippen LogP contribution >= 0.6 is 0 Å². The van der Waals surface area contributed by atoms with E-state index in [1.165, 1.54) is 0 Å². The van der Waals surface area contributed by atoms with E-state index in [9.17, 15) is 10.1 Å². The third-order valence-corrected chi connectivity index (χ3v) is 3.35. The first kappa shape index (κ1) is 15.4. The Labute approximate surface area is 114 Å². The van der Waals surface area contributed by atoms with Crippen LogP contribution in [0.15, 0.2) is 18.2 Å². The second kappa shape index (κ2) is 6.52. The van der Waals surface area contributed by atoms with Crippen molar-refractivity contribution in [1.82, 2.24) is 0 Å². The van der Waals surface area contributed by atoms with Crippen LogP contribution in [0.5, 0.6) is 0 Å². The number of aryl methyl sites for hydroxylation is 1. The highest BCUT2D eigenvalue weighted by Crippen LogP contribution is 2.23. The summed E-state index contributed by atoms with van der Waals surface area (Å²) in [5, 5.41) is 10.9. The SMILES string of the molecule is Cc1cc(N(C)CCC(N)C(C)C)cc([N+](=O)[O-])c1. The van der Waals surface area contributed by atoms with Crippen LogP contribution in [0, 0.1) is 23.0 Å². The number of benzene rings is 1. The molecule has 2 N–H and O–H groups in total. The number of nitro benzene ring substituents is 1. The Hall–Kier alpha value is -1.62. The molecule has 0 aromatic heterocycles. The second-order valence-electron chi connectivity index (χ2n) is 5.40. The highest BCUT2D eigenvalue weighted by Gasteiger charge is 2.13. The molecule has 1 aromatic rings. The first-order valence-corrected chi connectivity index (χ1v) is 6.54. The van der Waals surface area contributed by atoms with E-state index < -0.39 is 0 Å². The lowest BCUT2D eigenvalue weighted by atomic mass is 10.0. The van der Waals surface area contributed by atoms with E-state index in [2.05, 4.69) is 13.8 Å². The van der Waals surface area contributed by atoms with Crippen LogP contribution < -0.4 is 10.6 Å². The van der Waals surface area contributed by atoms with E-state index in [0.29, 0.717) is 5.92 Å². The molecule has 0 saturated carbocycles. The molecular formula is C14H23N3O2. The third-order valence-electron chi connectivity index (χ3n) is 3.35. The van der Waals surface area contributed by atoms with Crippen molar-refractivity contribution in [2.75, 3.05) is 18.5 Å². The Bertz CT molecular complexity index is 446. The summed E-state index contributed by atoms with van der Waals surface area (Å²) in [6.07, 6.45) is 0.871. The molecule has 1 unspecified atom stereocenters. The zero-order valence-corrected chi connectivity index (χ0v) is 12.1. The summed E-state index contributed by atoms with van der Waals surface area (Å²) in [4.78, 5) is 12.5. The van der Waals surface area contributed by atoms with Gasteiger partial charge in [-0.05, 0) is 30.9 Å². The lowest BCUT2D eigenvalue weighted by Gasteiger charge is -2.23. The van der Waals surface area contributed by atoms with Gasteiger partial charge < -0.3 is 10.6 Å². The molecule has 0 aliphatic rings. The zero-order chi connectivity index (χ0) is 14.6. The van der Waals surface area contributed by atoms with Crippen LogP contribution in [0.4, 0.5) is 11.4 Å². The number of non-ortho nitro benzene ring substituents is 1. The van der Waals surface area contributed by atoms with Gasteiger partial charge in [0.2, 0.25) is 0 Å². The molecule has 0 amide bonds. The van der Waals surface area contributed by atoms with Gasteiger partial charge in [0.1, 0.15) is 0 Å². The maximum absolute atomic E-state index is 10.9. The van der Waals surface area contributed by atoms with Crippen molar-refractivity contribution in [1.29, 1.82) is 0 Å². The fraction of sp³-hybridized carbons (Fsp3) is 0.571. The van der Waals surface area contributed by atoms with Gasteiger partial charge in [0.15, 0.2) is 0 Å². The topological polar surface area (TPSA) is 72.4 Å². The molecule has 0 spiro atoms.